The van der Waals surface area contributed by atoms with Gasteiger partial charge in [0.15, 0.2) is 11.2 Å². The van der Waals surface area contributed by atoms with Crippen molar-refractivity contribution in [1.29, 1.82) is 0 Å². The second-order valence-electron chi connectivity index (χ2n) is 6.95. The molecule has 156 valence electrons. The van der Waals surface area contributed by atoms with E-state index in [9.17, 15) is 14.4 Å². The highest BCUT2D eigenvalue weighted by molar-refractivity contribution is 5.92. The van der Waals surface area contributed by atoms with Gasteiger partial charge in [-0.3, -0.25) is 14.2 Å². The molecule has 0 saturated carbocycles. The molecule has 1 amide bonds. The lowest BCUT2D eigenvalue weighted by atomic mass is 10.2. The molecule has 0 aliphatic heterocycles. The Bertz CT molecular complexity index is 1290. The van der Waals surface area contributed by atoms with Crippen LogP contribution in [0, 0.1) is 0 Å². The number of benzene rings is 2. The van der Waals surface area contributed by atoms with E-state index in [-0.39, 0.29) is 29.0 Å². The Morgan fingerprint density at radius 2 is 1.65 bits per heavy atom. The van der Waals surface area contributed by atoms with Gasteiger partial charge in [0.05, 0.1) is 18.4 Å². The van der Waals surface area contributed by atoms with E-state index in [0.717, 1.165) is 5.56 Å². The van der Waals surface area contributed by atoms with Crippen LogP contribution in [-0.2, 0) is 17.9 Å². The van der Waals surface area contributed by atoms with Crippen molar-refractivity contribution in [3.8, 4) is 0 Å². The number of carbonyl (C=O) groups is 2. The van der Waals surface area contributed by atoms with E-state index >= 15 is 0 Å². The number of fused-ring (bicyclic) bond motifs is 1. The fraction of sp³-hybridized carbons (Fsp3) is 0.136. The van der Waals surface area contributed by atoms with Crippen LogP contribution < -0.4 is 10.9 Å². The van der Waals surface area contributed by atoms with Gasteiger partial charge in [0, 0.05) is 18.7 Å². The summed E-state index contributed by atoms with van der Waals surface area (Å²) in [4.78, 5) is 44.4. The van der Waals surface area contributed by atoms with Gasteiger partial charge in [-0.05, 0) is 29.8 Å². The van der Waals surface area contributed by atoms with Crippen molar-refractivity contribution in [3.05, 3.63) is 88.7 Å². The minimum absolute atomic E-state index is 0.140. The third-order valence-electron chi connectivity index (χ3n) is 4.78. The van der Waals surface area contributed by atoms with Crippen LogP contribution in [-0.4, -0.2) is 36.1 Å². The predicted octanol–water partition coefficient (Wildman–Crippen LogP) is 2.37. The number of hydrogen-bond donors (Lipinski definition) is 2. The van der Waals surface area contributed by atoms with Crippen molar-refractivity contribution < 1.29 is 14.7 Å². The van der Waals surface area contributed by atoms with Gasteiger partial charge in [-0.15, -0.1) is 0 Å². The molecule has 2 N–H and O–H groups in total. The first kappa shape index (κ1) is 20.0. The molecule has 31 heavy (non-hydrogen) atoms. The Morgan fingerprint density at radius 1 is 0.935 bits per heavy atom. The van der Waals surface area contributed by atoms with Gasteiger partial charge >= 0.3 is 5.97 Å². The molecular formula is C22H19N5O4. The Balaban J connectivity index is 1.43. The van der Waals surface area contributed by atoms with Crippen LogP contribution in [0.2, 0.25) is 0 Å². The molecule has 0 aliphatic rings. The summed E-state index contributed by atoms with van der Waals surface area (Å²) in [6.07, 6.45) is 3.13. The summed E-state index contributed by atoms with van der Waals surface area (Å²) < 4.78 is 3.17. The Morgan fingerprint density at radius 3 is 2.35 bits per heavy atom. The number of aromatic carboxylic acids is 1. The summed E-state index contributed by atoms with van der Waals surface area (Å²) in [7, 11) is 0. The Hall–Kier alpha value is -4.27. The standard InChI is InChI=1S/C22H19N5O4/c28-18(25-17-8-6-16(7-9-17)22(30)31)10-11-26-13-23-19-20(26)24-14-27(21(19)29)12-15-4-2-1-3-5-15/h1-9,13-14H,10-12H2,(H,25,28)(H,30,31). The van der Waals surface area contributed by atoms with Crippen LogP contribution in [0.4, 0.5) is 5.69 Å². The van der Waals surface area contributed by atoms with E-state index < -0.39 is 5.97 Å². The molecule has 4 rings (SSSR count). The molecule has 4 aromatic rings. The number of carboxylic acids is 1. The van der Waals surface area contributed by atoms with Crippen LogP contribution in [0.1, 0.15) is 22.3 Å². The van der Waals surface area contributed by atoms with Gasteiger partial charge in [0.2, 0.25) is 5.91 Å². The van der Waals surface area contributed by atoms with Crippen LogP contribution in [0.15, 0.2) is 72.0 Å². The third-order valence-corrected chi connectivity index (χ3v) is 4.78. The minimum Gasteiger partial charge on any atom is -0.478 e. The van der Waals surface area contributed by atoms with Crippen molar-refractivity contribution in [2.45, 2.75) is 19.5 Å². The second-order valence-corrected chi connectivity index (χ2v) is 6.95. The summed E-state index contributed by atoms with van der Waals surface area (Å²) in [5.74, 6) is -1.28. The highest BCUT2D eigenvalue weighted by atomic mass is 16.4. The van der Waals surface area contributed by atoms with Crippen molar-refractivity contribution in [2.24, 2.45) is 0 Å². The van der Waals surface area contributed by atoms with E-state index in [0.29, 0.717) is 24.4 Å². The van der Waals surface area contributed by atoms with Crippen molar-refractivity contribution in [1.82, 2.24) is 19.1 Å². The molecular weight excluding hydrogens is 398 g/mol. The van der Waals surface area contributed by atoms with Crippen LogP contribution in [0.5, 0.6) is 0 Å². The molecule has 2 heterocycles. The van der Waals surface area contributed by atoms with Crippen molar-refractivity contribution >= 4 is 28.7 Å². The average Bonchev–Trinajstić information content (AvgIpc) is 3.19. The number of hydrogen-bond acceptors (Lipinski definition) is 5. The van der Waals surface area contributed by atoms with Crippen LogP contribution >= 0.6 is 0 Å². The molecule has 0 fully saturated rings. The molecule has 2 aromatic carbocycles. The molecule has 9 heteroatoms. The number of aryl methyl sites for hydroxylation is 1. The van der Waals surface area contributed by atoms with Crippen LogP contribution in [0.3, 0.4) is 0 Å². The Kier molecular flexibility index (Phi) is 5.57. The van der Waals surface area contributed by atoms with E-state index in [1.807, 2.05) is 30.3 Å². The number of amides is 1. The maximum Gasteiger partial charge on any atom is 0.335 e. The maximum atomic E-state index is 12.7. The van der Waals surface area contributed by atoms with E-state index in [1.54, 1.807) is 4.57 Å². The lowest BCUT2D eigenvalue weighted by molar-refractivity contribution is -0.116. The number of nitrogens with zero attached hydrogens (tertiary/aromatic N) is 4. The van der Waals surface area contributed by atoms with E-state index in [1.165, 1.54) is 41.5 Å². The van der Waals surface area contributed by atoms with Crippen molar-refractivity contribution in [3.63, 3.8) is 0 Å². The monoisotopic (exact) mass is 417 g/mol. The predicted molar refractivity (Wildman–Crippen MR) is 114 cm³/mol. The highest BCUT2D eigenvalue weighted by Gasteiger charge is 2.12. The molecule has 9 nitrogen and oxygen atoms in total. The molecule has 0 bridgehead atoms. The lowest BCUT2D eigenvalue weighted by Crippen LogP contribution is -2.21. The van der Waals surface area contributed by atoms with Crippen LogP contribution in [0.25, 0.3) is 11.2 Å². The molecule has 0 aliphatic carbocycles. The zero-order valence-electron chi connectivity index (χ0n) is 16.4. The molecule has 0 saturated heterocycles. The van der Waals surface area contributed by atoms with Gasteiger partial charge in [-0.1, -0.05) is 30.3 Å². The first-order valence-corrected chi connectivity index (χ1v) is 9.58. The normalized spacial score (nSPS) is 10.8. The summed E-state index contributed by atoms with van der Waals surface area (Å²) in [6.45, 7) is 0.698. The Labute approximate surface area is 176 Å². The fourth-order valence-electron chi connectivity index (χ4n) is 3.17. The lowest BCUT2D eigenvalue weighted by Gasteiger charge is -2.08. The number of aromatic nitrogens is 4. The zero-order valence-corrected chi connectivity index (χ0v) is 16.4. The van der Waals surface area contributed by atoms with Gasteiger partial charge in [0.25, 0.3) is 5.56 Å². The molecule has 0 radical (unpaired) electrons. The molecule has 0 atom stereocenters. The van der Waals surface area contributed by atoms with E-state index in [4.69, 9.17) is 5.11 Å². The number of carboxylic acid groups (broad SMARTS) is 1. The minimum atomic E-state index is -1.03. The smallest absolute Gasteiger partial charge is 0.335 e. The average molecular weight is 417 g/mol. The van der Waals surface area contributed by atoms with Gasteiger partial charge < -0.3 is 15.0 Å². The summed E-state index contributed by atoms with van der Waals surface area (Å²) >= 11 is 0. The second kappa shape index (κ2) is 8.62. The largest absolute Gasteiger partial charge is 0.478 e. The van der Waals surface area contributed by atoms with E-state index in [2.05, 4.69) is 15.3 Å². The molecule has 2 aromatic heterocycles. The first-order chi connectivity index (χ1) is 15.0. The number of nitrogens with one attached hydrogen (secondary N) is 1. The van der Waals surface area contributed by atoms with Crippen molar-refractivity contribution in [2.75, 3.05) is 5.32 Å². The summed E-state index contributed by atoms with van der Waals surface area (Å²) in [5.41, 5.74) is 2.07. The fourth-order valence-corrected chi connectivity index (χ4v) is 3.17. The SMILES string of the molecule is O=C(CCn1cnc2c(=O)n(Cc3ccccc3)cnc21)Nc1ccc(C(=O)O)cc1. The summed E-state index contributed by atoms with van der Waals surface area (Å²) in [6, 6.07) is 15.5. The number of rotatable bonds is 7. The third kappa shape index (κ3) is 4.50. The highest BCUT2D eigenvalue weighted by Crippen LogP contribution is 2.11. The number of carbonyl (C=O) groups excluding carboxylic acids is 1. The molecule has 0 unspecified atom stereocenters. The quantitative estimate of drug-likeness (QED) is 0.476. The summed E-state index contributed by atoms with van der Waals surface area (Å²) in [5, 5.41) is 11.6. The first-order valence-electron chi connectivity index (χ1n) is 9.58. The zero-order chi connectivity index (χ0) is 21.8. The maximum absolute atomic E-state index is 12.7. The van der Waals surface area contributed by atoms with Gasteiger partial charge in [0.1, 0.15) is 6.33 Å². The number of imidazole rings is 1. The van der Waals surface area contributed by atoms with Gasteiger partial charge in [-0.25, -0.2) is 14.8 Å². The van der Waals surface area contributed by atoms with Gasteiger partial charge in [-0.2, -0.15) is 0 Å². The number of anilines is 1. The molecule has 0 spiro atoms. The topological polar surface area (TPSA) is 119 Å².